The van der Waals surface area contributed by atoms with Crippen molar-refractivity contribution in [2.75, 3.05) is 5.75 Å². The van der Waals surface area contributed by atoms with E-state index in [1.807, 2.05) is 17.5 Å². The molecule has 0 bridgehead atoms. The molecule has 2 atom stereocenters. The number of carboxylic acid groups (broad SMARTS) is 1. The molecule has 0 aliphatic carbocycles. The molecule has 39 heavy (non-hydrogen) atoms. The van der Waals surface area contributed by atoms with Crippen molar-refractivity contribution in [3.05, 3.63) is 85.2 Å². The number of carbonyl (C=O) groups is 3. The van der Waals surface area contributed by atoms with Gasteiger partial charge in [-0.1, -0.05) is 17.8 Å². The summed E-state index contributed by atoms with van der Waals surface area (Å²) in [6.45, 7) is 0. The normalized spacial score (nSPS) is 19.4. The molecule has 5 rings (SSSR count). The zero-order valence-electron chi connectivity index (χ0n) is 19.6. The number of rotatable bonds is 7. The third kappa shape index (κ3) is 5.64. The number of allylic oxidation sites excluding steroid dienone is 1. The number of alkyl halides is 3. The quantitative estimate of drug-likeness (QED) is 0.289. The molecule has 202 valence electrons. The van der Waals surface area contributed by atoms with E-state index in [0.717, 1.165) is 51.1 Å². The zero-order valence-corrected chi connectivity index (χ0v) is 22.8. The Morgan fingerprint density at radius 1 is 1.21 bits per heavy atom. The van der Waals surface area contributed by atoms with E-state index in [1.165, 1.54) is 40.6 Å². The average molecular weight is 611 g/mol. The Balaban J connectivity index is 1.31. The average Bonchev–Trinajstić information content (AvgIpc) is 3.39. The molecule has 2 amide bonds. The highest BCUT2D eigenvalue weighted by molar-refractivity contribution is 8.04. The molecule has 0 radical (unpaired) electrons. The zero-order chi connectivity index (χ0) is 27.9. The fourth-order valence-corrected chi connectivity index (χ4v) is 8.16. The lowest BCUT2D eigenvalue weighted by Gasteiger charge is -2.49. The summed E-state index contributed by atoms with van der Waals surface area (Å²) in [7, 11) is 0. The van der Waals surface area contributed by atoms with Gasteiger partial charge < -0.3 is 10.4 Å². The first-order valence-corrected chi connectivity index (χ1v) is 14.9. The number of aliphatic carboxylic acids is 1. The van der Waals surface area contributed by atoms with Gasteiger partial charge in [-0.2, -0.15) is 13.2 Å². The number of β-lactam (4-membered cyclic amide) rings is 1. The summed E-state index contributed by atoms with van der Waals surface area (Å²) < 4.78 is 39.9. The molecular weight excluding hydrogens is 594 g/mol. The van der Waals surface area contributed by atoms with Gasteiger partial charge in [0.05, 0.1) is 16.2 Å². The van der Waals surface area contributed by atoms with Crippen LogP contribution in [0.2, 0.25) is 0 Å². The fraction of sp³-hybridized carbons (Fsp3) is 0.200. The van der Waals surface area contributed by atoms with Crippen molar-refractivity contribution in [3.63, 3.8) is 0 Å². The molecule has 14 heteroatoms. The molecule has 2 aliphatic heterocycles. The predicted octanol–water partition coefficient (Wildman–Crippen LogP) is 4.93. The van der Waals surface area contributed by atoms with Gasteiger partial charge in [-0.05, 0) is 46.7 Å². The van der Waals surface area contributed by atoms with Crippen LogP contribution in [0, 0.1) is 0 Å². The second-order valence-electron chi connectivity index (χ2n) is 8.45. The first-order chi connectivity index (χ1) is 18.5. The highest BCUT2D eigenvalue weighted by Crippen LogP contribution is 2.41. The van der Waals surface area contributed by atoms with E-state index >= 15 is 0 Å². The third-order valence-corrected chi connectivity index (χ3v) is 10.1. The molecule has 2 aliphatic rings. The number of halogens is 3. The second-order valence-corrected chi connectivity index (χ2v) is 12.9. The number of carbonyl (C=O) groups excluding carboxylic acids is 2. The van der Waals surface area contributed by atoms with Gasteiger partial charge in [0.2, 0.25) is 5.91 Å². The van der Waals surface area contributed by atoms with Crippen LogP contribution >= 0.6 is 46.2 Å². The number of fused-ring (bicyclic) bond motifs is 2. The van der Waals surface area contributed by atoms with Crippen molar-refractivity contribution in [2.24, 2.45) is 0 Å². The number of benzene rings is 1. The van der Waals surface area contributed by atoms with Crippen molar-refractivity contribution in [2.45, 2.75) is 28.2 Å². The number of hydrogen-bond acceptors (Lipinski definition) is 8. The molecule has 2 aromatic heterocycles. The number of nitrogens with zero attached hydrogens (tertiary/aromatic N) is 1. The first-order valence-electron chi connectivity index (χ1n) is 11.2. The van der Waals surface area contributed by atoms with E-state index < -0.39 is 40.5 Å². The molecule has 1 fully saturated rings. The Labute approximate surface area is 235 Å². The van der Waals surface area contributed by atoms with E-state index in [1.54, 1.807) is 0 Å². The number of carboxylic acids is 1. The summed E-state index contributed by atoms with van der Waals surface area (Å²) in [6, 6.07) is 7.08. The van der Waals surface area contributed by atoms with E-state index in [9.17, 15) is 37.5 Å². The molecule has 1 aromatic carbocycles. The summed E-state index contributed by atoms with van der Waals surface area (Å²) in [5.74, 6) is -1.88. The fourth-order valence-electron chi connectivity index (χ4n) is 4.12. The summed E-state index contributed by atoms with van der Waals surface area (Å²) in [5.41, 5.74) is -1.10. The number of thiophene rings is 1. The Morgan fingerprint density at radius 2 is 2.00 bits per heavy atom. The molecule has 0 spiro atoms. The molecule has 1 unspecified atom stereocenters. The van der Waals surface area contributed by atoms with Crippen LogP contribution in [-0.2, 0) is 27.0 Å². The van der Waals surface area contributed by atoms with Gasteiger partial charge in [0, 0.05) is 26.8 Å². The van der Waals surface area contributed by atoms with Gasteiger partial charge in [0.15, 0.2) is 5.43 Å². The van der Waals surface area contributed by atoms with Crippen LogP contribution in [-0.4, -0.2) is 45.0 Å². The number of thioether (sulfide) groups is 2. The van der Waals surface area contributed by atoms with Crippen molar-refractivity contribution >= 4 is 74.1 Å². The van der Waals surface area contributed by atoms with Crippen LogP contribution < -0.4 is 10.7 Å². The van der Waals surface area contributed by atoms with Crippen LogP contribution in [0.25, 0.3) is 10.1 Å². The van der Waals surface area contributed by atoms with Crippen LogP contribution in [0.5, 0.6) is 0 Å². The van der Waals surface area contributed by atoms with Crippen LogP contribution in [0.15, 0.2) is 73.5 Å². The maximum Gasteiger partial charge on any atom is 0.416 e. The van der Waals surface area contributed by atoms with Crippen molar-refractivity contribution in [1.29, 1.82) is 0 Å². The third-order valence-electron chi connectivity index (χ3n) is 5.92. The smallest absolute Gasteiger partial charge is 0.416 e. The van der Waals surface area contributed by atoms with Gasteiger partial charge in [-0.25, -0.2) is 4.79 Å². The number of amides is 2. The van der Waals surface area contributed by atoms with Gasteiger partial charge in [-0.15, -0.1) is 34.4 Å². The van der Waals surface area contributed by atoms with Crippen molar-refractivity contribution < 1.29 is 32.7 Å². The number of nitrogens with one attached hydrogen (secondary N) is 1. The predicted molar refractivity (Wildman–Crippen MR) is 146 cm³/mol. The van der Waals surface area contributed by atoms with Gasteiger partial charge in [0.25, 0.3) is 5.91 Å². The number of hydrogen-bond donors (Lipinski definition) is 2. The van der Waals surface area contributed by atoms with E-state index in [-0.39, 0.29) is 33.9 Å². The van der Waals surface area contributed by atoms with Crippen LogP contribution in [0.3, 0.4) is 0 Å². The molecule has 4 heterocycles. The molecule has 2 N–H and O–H groups in total. The molecule has 3 aromatic rings. The largest absolute Gasteiger partial charge is 0.477 e. The maximum atomic E-state index is 13.1. The van der Waals surface area contributed by atoms with Crippen LogP contribution in [0.4, 0.5) is 13.2 Å². The van der Waals surface area contributed by atoms with Crippen LogP contribution in [0.1, 0.15) is 10.4 Å². The topological polar surface area (TPSA) is 104 Å². The molecule has 0 saturated carbocycles. The Morgan fingerprint density at radius 3 is 2.69 bits per heavy atom. The lowest BCUT2D eigenvalue weighted by molar-refractivity contribution is -0.150. The van der Waals surface area contributed by atoms with E-state index in [2.05, 4.69) is 5.32 Å². The van der Waals surface area contributed by atoms with Crippen molar-refractivity contribution in [1.82, 2.24) is 10.2 Å². The SMILES string of the molecule is O=C(Cc1cccs1)NC1C(=O)N2C(C(=O)O)=C(C=CSc3cc(=O)c4ccc(C(F)(F)F)cc4s3)CS[C@H]12. The van der Waals surface area contributed by atoms with Crippen molar-refractivity contribution in [3.8, 4) is 0 Å². The minimum Gasteiger partial charge on any atom is -0.477 e. The second kappa shape index (κ2) is 10.8. The lowest BCUT2D eigenvalue weighted by Crippen LogP contribution is -2.70. The molecular formula is C25H17F3N2O5S4. The monoisotopic (exact) mass is 610 g/mol. The molecule has 1 saturated heterocycles. The van der Waals surface area contributed by atoms with E-state index in [4.69, 9.17) is 0 Å². The minimum absolute atomic E-state index is 0.129. The first kappa shape index (κ1) is 27.5. The summed E-state index contributed by atoms with van der Waals surface area (Å²) in [5, 5.41) is 15.5. The Kier molecular flexibility index (Phi) is 7.64. The summed E-state index contributed by atoms with van der Waals surface area (Å²) in [4.78, 5) is 51.6. The van der Waals surface area contributed by atoms with Gasteiger partial charge in [-0.3, -0.25) is 19.3 Å². The minimum atomic E-state index is -4.54. The molecule has 7 nitrogen and oxygen atoms in total. The highest BCUT2D eigenvalue weighted by atomic mass is 32.2. The Bertz CT molecular complexity index is 1600. The standard InChI is InChI=1S/C25H17F3N2O5S4/c26-25(27,28)13-3-4-15-16(31)10-19(39-17(15)8-13)37-7-5-12-11-38-23-20(22(33)30(23)21(12)24(34)35)29-18(32)9-14-2-1-6-36-14/h1-8,10,20,23H,9,11H2,(H,29,32)(H,34,35)/t20?,23-/m1/s1. The van der Waals surface area contributed by atoms with Gasteiger partial charge in [0.1, 0.15) is 17.1 Å². The van der Waals surface area contributed by atoms with E-state index in [0.29, 0.717) is 9.78 Å². The summed E-state index contributed by atoms with van der Waals surface area (Å²) >= 11 is 4.82. The highest BCUT2D eigenvalue weighted by Gasteiger charge is 2.53. The Hall–Kier alpha value is -3.07. The lowest BCUT2D eigenvalue weighted by atomic mass is 10.0. The maximum absolute atomic E-state index is 13.1. The summed E-state index contributed by atoms with van der Waals surface area (Å²) in [6.07, 6.45) is -2.89. The van der Waals surface area contributed by atoms with Gasteiger partial charge >= 0.3 is 12.1 Å².